The smallest absolute Gasteiger partial charge is 0.425 e. The van der Waals surface area contributed by atoms with Crippen LogP contribution in [0.1, 0.15) is 136 Å². The van der Waals surface area contributed by atoms with Gasteiger partial charge in [-0.3, -0.25) is 0 Å². The molecule has 1 aromatic heterocycles. The lowest BCUT2D eigenvalue weighted by Crippen LogP contribution is -2.33. The number of hydrogen-bond acceptors (Lipinski definition) is 7. The third-order valence-electron chi connectivity index (χ3n) is 8.32. The second kappa shape index (κ2) is 21.2. The average molecular weight is 685 g/mol. The molecule has 0 unspecified atom stereocenters. The van der Waals surface area contributed by atoms with Crippen LogP contribution in [-0.2, 0) is 4.74 Å². The minimum Gasteiger partial charge on any atom is -0.490 e. The van der Waals surface area contributed by atoms with Crippen molar-refractivity contribution in [3.05, 3.63) is 71.5 Å². The monoisotopic (exact) mass is 684 g/mol. The summed E-state index contributed by atoms with van der Waals surface area (Å²) in [5.74, 6) is -0.444. The number of aromatic nitrogens is 2. The van der Waals surface area contributed by atoms with Gasteiger partial charge in [0, 0.05) is 5.56 Å². The van der Waals surface area contributed by atoms with Crippen molar-refractivity contribution < 1.29 is 37.0 Å². The molecule has 1 heterocycles. The zero-order chi connectivity index (χ0) is 35.5. The Kier molecular flexibility index (Phi) is 17.1. The highest BCUT2D eigenvalue weighted by Crippen LogP contribution is 2.29. The molecule has 3 aromatic rings. The third kappa shape index (κ3) is 14.2. The summed E-state index contributed by atoms with van der Waals surface area (Å²) >= 11 is 0. The van der Waals surface area contributed by atoms with Gasteiger partial charge in [0.2, 0.25) is 0 Å². The van der Waals surface area contributed by atoms with Crippen LogP contribution in [0.15, 0.2) is 54.9 Å². The Morgan fingerprint density at radius 2 is 1.27 bits per heavy atom. The van der Waals surface area contributed by atoms with Crippen LogP contribution in [0.4, 0.5) is 13.2 Å². The summed E-state index contributed by atoms with van der Waals surface area (Å²) in [5.41, 5.74) is 1.33. The molecule has 0 amide bonds. The summed E-state index contributed by atoms with van der Waals surface area (Å²) in [6.07, 6.45) is 11.5. The fourth-order valence-corrected chi connectivity index (χ4v) is 5.37. The van der Waals surface area contributed by atoms with E-state index in [1.165, 1.54) is 69.6 Å². The molecule has 10 heteroatoms. The number of unbranched alkanes of at least 4 members (excludes halogenated alkanes) is 12. The first-order valence-electron chi connectivity index (χ1n) is 17.8. The molecular weight excluding hydrogens is 633 g/mol. The van der Waals surface area contributed by atoms with Crippen LogP contribution < -0.4 is 9.47 Å². The fourth-order valence-electron chi connectivity index (χ4n) is 5.37. The second-order valence-electron chi connectivity index (χ2n) is 12.5. The van der Waals surface area contributed by atoms with Gasteiger partial charge in [0.1, 0.15) is 5.75 Å². The van der Waals surface area contributed by atoms with Crippen LogP contribution >= 0.6 is 0 Å². The van der Waals surface area contributed by atoms with E-state index in [1.807, 2.05) is 6.92 Å². The summed E-state index contributed by atoms with van der Waals surface area (Å²) in [5, 5.41) is 0. The minimum atomic E-state index is -4.65. The number of benzene rings is 2. The van der Waals surface area contributed by atoms with Crippen molar-refractivity contribution in [3.63, 3.8) is 0 Å². The number of halogens is 3. The van der Waals surface area contributed by atoms with E-state index in [9.17, 15) is 22.8 Å². The predicted molar refractivity (Wildman–Crippen MR) is 185 cm³/mol. The molecule has 0 fully saturated rings. The van der Waals surface area contributed by atoms with Gasteiger partial charge < -0.3 is 14.2 Å². The molecule has 268 valence electrons. The molecule has 0 saturated carbocycles. The van der Waals surface area contributed by atoms with E-state index in [0.29, 0.717) is 42.1 Å². The molecule has 0 aliphatic heterocycles. The topological polar surface area (TPSA) is 87.6 Å². The zero-order valence-electron chi connectivity index (χ0n) is 29.2. The Morgan fingerprint density at radius 3 is 1.84 bits per heavy atom. The quantitative estimate of drug-likeness (QED) is 0.0591. The van der Waals surface area contributed by atoms with Gasteiger partial charge in [-0.25, -0.2) is 19.6 Å². The Morgan fingerprint density at radius 1 is 0.714 bits per heavy atom. The standard InChI is InChI=1S/C39H51F3N2O5/c1-4-6-8-10-11-12-13-14-15-17-25-47-33-27-43-36(44-28-33)30-19-21-31(22-20-30)37(45)48-34-24-23-32(26-29(34)3)38(46)49-35(39(40,41)42)18-16-9-7-5-2/h19-24,26-28,35H,4-18,25H2,1-3H3/t35-/m1/s1. The fraction of sp³-hybridized carbons (Fsp3) is 0.538. The van der Waals surface area contributed by atoms with Crippen LogP contribution in [0.25, 0.3) is 11.4 Å². The Hall–Kier alpha value is -3.95. The molecule has 2 aromatic carbocycles. The lowest BCUT2D eigenvalue weighted by molar-refractivity contribution is -0.206. The maximum atomic E-state index is 13.5. The van der Waals surface area contributed by atoms with Crippen molar-refractivity contribution in [2.75, 3.05) is 6.61 Å². The van der Waals surface area contributed by atoms with E-state index >= 15 is 0 Å². The van der Waals surface area contributed by atoms with Gasteiger partial charge in [0.25, 0.3) is 0 Å². The first kappa shape index (κ1) is 39.5. The predicted octanol–water partition coefficient (Wildman–Crippen LogP) is 11.0. The minimum absolute atomic E-state index is 0.0559. The molecule has 7 nitrogen and oxygen atoms in total. The SMILES string of the molecule is CCCCCCCCCCCCOc1cnc(-c2ccc(C(=O)Oc3ccc(C(=O)O[C@H](CCCCCC)C(F)(F)F)cc3C)cc2)nc1. The molecule has 49 heavy (non-hydrogen) atoms. The van der Waals surface area contributed by atoms with Crippen LogP contribution in [0.5, 0.6) is 11.5 Å². The average Bonchev–Trinajstić information content (AvgIpc) is 3.09. The first-order valence-corrected chi connectivity index (χ1v) is 17.8. The summed E-state index contributed by atoms with van der Waals surface area (Å²) < 4.78 is 56.5. The van der Waals surface area contributed by atoms with E-state index in [4.69, 9.17) is 14.2 Å². The number of carbonyl (C=O) groups excluding carboxylic acids is 2. The molecule has 0 bridgehead atoms. The molecule has 0 spiro atoms. The van der Waals surface area contributed by atoms with E-state index < -0.39 is 24.2 Å². The zero-order valence-corrected chi connectivity index (χ0v) is 29.2. The Labute approximate surface area is 289 Å². The highest BCUT2D eigenvalue weighted by atomic mass is 19.4. The van der Waals surface area contributed by atoms with Gasteiger partial charge in [0.15, 0.2) is 17.7 Å². The summed E-state index contributed by atoms with van der Waals surface area (Å²) in [6.45, 7) is 6.42. The van der Waals surface area contributed by atoms with Gasteiger partial charge >= 0.3 is 18.1 Å². The van der Waals surface area contributed by atoms with Crippen LogP contribution in [0.3, 0.4) is 0 Å². The Bertz CT molecular complexity index is 1410. The summed E-state index contributed by atoms with van der Waals surface area (Å²) in [6, 6.07) is 10.6. The van der Waals surface area contributed by atoms with Crippen LogP contribution in [0.2, 0.25) is 0 Å². The van der Waals surface area contributed by atoms with E-state index in [1.54, 1.807) is 43.6 Å². The number of hydrogen-bond donors (Lipinski definition) is 0. The summed E-state index contributed by atoms with van der Waals surface area (Å²) in [4.78, 5) is 34.2. The van der Waals surface area contributed by atoms with E-state index in [2.05, 4.69) is 16.9 Å². The molecule has 0 saturated heterocycles. The molecular formula is C39H51F3N2O5. The van der Waals surface area contributed by atoms with Gasteiger partial charge in [-0.1, -0.05) is 103 Å². The normalized spacial score (nSPS) is 12.0. The molecule has 3 rings (SSSR count). The second-order valence-corrected chi connectivity index (χ2v) is 12.5. The highest BCUT2D eigenvalue weighted by Gasteiger charge is 2.42. The third-order valence-corrected chi connectivity index (χ3v) is 8.32. The molecule has 0 N–H and O–H groups in total. The number of nitrogens with zero attached hydrogens (tertiary/aromatic N) is 2. The number of alkyl halides is 3. The van der Waals surface area contributed by atoms with Crippen molar-refractivity contribution in [1.82, 2.24) is 9.97 Å². The van der Waals surface area contributed by atoms with Gasteiger partial charge in [-0.15, -0.1) is 0 Å². The van der Waals surface area contributed by atoms with Crippen molar-refractivity contribution in [2.24, 2.45) is 0 Å². The van der Waals surface area contributed by atoms with E-state index in [0.717, 1.165) is 25.7 Å². The largest absolute Gasteiger partial charge is 0.490 e. The highest BCUT2D eigenvalue weighted by molar-refractivity contribution is 5.92. The number of ether oxygens (including phenoxy) is 3. The number of aryl methyl sites for hydroxylation is 1. The first-order chi connectivity index (χ1) is 23.6. The van der Waals surface area contributed by atoms with Gasteiger partial charge in [0.05, 0.1) is 30.1 Å². The summed E-state index contributed by atoms with van der Waals surface area (Å²) in [7, 11) is 0. The van der Waals surface area contributed by atoms with Crippen LogP contribution in [-0.4, -0.2) is 40.8 Å². The van der Waals surface area contributed by atoms with Gasteiger partial charge in [-0.2, -0.15) is 13.2 Å². The number of rotatable bonds is 22. The van der Waals surface area contributed by atoms with Crippen molar-refractivity contribution in [1.29, 1.82) is 0 Å². The van der Waals surface area contributed by atoms with Crippen molar-refractivity contribution >= 4 is 11.9 Å². The lowest BCUT2D eigenvalue weighted by atomic mass is 10.1. The van der Waals surface area contributed by atoms with Crippen molar-refractivity contribution in [3.8, 4) is 22.9 Å². The maximum Gasteiger partial charge on any atom is 0.425 e. The molecule has 0 aliphatic carbocycles. The number of esters is 2. The van der Waals surface area contributed by atoms with E-state index in [-0.39, 0.29) is 23.3 Å². The van der Waals surface area contributed by atoms with Gasteiger partial charge in [-0.05, 0) is 62.1 Å². The lowest BCUT2D eigenvalue weighted by Gasteiger charge is -2.21. The molecule has 1 atom stereocenters. The molecule has 0 radical (unpaired) electrons. The van der Waals surface area contributed by atoms with Crippen LogP contribution in [0, 0.1) is 6.92 Å². The van der Waals surface area contributed by atoms with Crippen molar-refractivity contribution in [2.45, 2.75) is 129 Å². The molecule has 0 aliphatic rings. The Balaban J connectivity index is 1.45. The maximum absolute atomic E-state index is 13.5. The number of carbonyl (C=O) groups is 2.